The molecule has 7 heteroatoms. The molecule has 0 unspecified atom stereocenters. The van der Waals surface area contributed by atoms with Gasteiger partial charge in [-0.3, -0.25) is 9.78 Å². The minimum Gasteiger partial charge on any atom is -0.304 e. The molecule has 1 aliphatic heterocycles. The number of nitrogens with one attached hydrogen (secondary N) is 1. The van der Waals surface area contributed by atoms with Gasteiger partial charge in [-0.05, 0) is 38.7 Å². The van der Waals surface area contributed by atoms with Gasteiger partial charge in [0.1, 0.15) is 11.4 Å². The van der Waals surface area contributed by atoms with E-state index in [4.69, 9.17) is 5.10 Å². The lowest BCUT2D eigenvalue weighted by Crippen LogP contribution is -2.16. The van der Waals surface area contributed by atoms with Crippen molar-refractivity contribution in [1.82, 2.24) is 34.7 Å². The second kappa shape index (κ2) is 5.54. The summed E-state index contributed by atoms with van der Waals surface area (Å²) in [5.74, 6) is 1.80. The van der Waals surface area contributed by atoms with Gasteiger partial charge >= 0.3 is 0 Å². The van der Waals surface area contributed by atoms with Crippen molar-refractivity contribution in [3.8, 4) is 23.0 Å². The Bertz CT molecular complexity index is 924. The van der Waals surface area contributed by atoms with E-state index >= 15 is 0 Å². The minimum absolute atomic E-state index is 0.508. The van der Waals surface area contributed by atoms with Crippen molar-refractivity contribution in [1.29, 1.82) is 0 Å². The fourth-order valence-electron chi connectivity index (χ4n) is 4.35. The van der Waals surface area contributed by atoms with E-state index in [1.807, 2.05) is 13.0 Å². The summed E-state index contributed by atoms with van der Waals surface area (Å²) in [6.45, 7) is 5.09. The summed E-state index contributed by atoms with van der Waals surface area (Å²) >= 11 is 0. The Balaban J connectivity index is 1.67. The summed E-state index contributed by atoms with van der Waals surface area (Å²) in [6.07, 6.45) is 7.00. The van der Waals surface area contributed by atoms with Gasteiger partial charge in [-0.2, -0.15) is 10.2 Å². The van der Waals surface area contributed by atoms with Gasteiger partial charge in [0.15, 0.2) is 11.6 Å². The van der Waals surface area contributed by atoms with E-state index in [1.54, 1.807) is 0 Å². The molecule has 1 saturated carbocycles. The highest BCUT2D eigenvalue weighted by Gasteiger charge is 2.32. The van der Waals surface area contributed by atoms with E-state index in [9.17, 15) is 0 Å². The molecule has 1 aliphatic carbocycles. The quantitative estimate of drug-likeness (QED) is 0.797. The average molecular weight is 337 g/mol. The average Bonchev–Trinajstić information content (AvgIpc) is 3.38. The predicted molar refractivity (Wildman–Crippen MR) is 94.1 cm³/mol. The fraction of sp³-hybridized carbons (Fsp3) is 0.556. The lowest BCUT2D eigenvalue weighted by Gasteiger charge is -2.19. The Morgan fingerprint density at radius 2 is 2.00 bits per heavy atom. The number of fused-ring (bicyclic) bond motifs is 3. The van der Waals surface area contributed by atoms with Crippen molar-refractivity contribution in [2.75, 3.05) is 0 Å². The van der Waals surface area contributed by atoms with Crippen molar-refractivity contribution >= 4 is 0 Å². The molecule has 0 aromatic carbocycles. The van der Waals surface area contributed by atoms with Gasteiger partial charge in [-0.15, -0.1) is 10.2 Å². The van der Waals surface area contributed by atoms with Crippen LogP contribution in [0.15, 0.2) is 6.07 Å². The van der Waals surface area contributed by atoms with Crippen molar-refractivity contribution < 1.29 is 0 Å². The van der Waals surface area contributed by atoms with Crippen LogP contribution < -0.4 is 0 Å². The zero-order valence-electron chi connectivity index (χ0n) is 14.8. The summed E-state index contributed by atoms with van der Waals surface area (Å²) in [5.41, 5.74) is 5.70. The van der Waals surface area contributed by atoms with Gasteiger partial charge in [-0.25, -0.2) is 0 Å². The summed E-state index contributed by atoms with van der Waals surface area (Å²) in [6, 6.07) is 2.53. The molecule has 25 heavy (non-hydrogen) atoms. The Morgan fingerprint density at radius 3 is 2.72 bits per heavy atom. The van der Waals surface area contributed by atoms with Crippen LogP contribution in [0.3, 0.4) is 0 Å². The third-order valence-electron chi connectivity index (χ3n) is 5.58. The van der Waals surface area contributed by atoms with E-state index in [-0.39, 0.29) is 0 Å². The Labute approximate surface area is 146 Å². The number of rotatable bonds is 3. The topological polar surface area (TPSA) is 77.2 Å². The largest absolute Gasteiger partial charge is 0.304 e. The molecule has 5 rings (SSSR count). The smallest absolute Gasteiger partial charge is 0.184 e. The number of aromatic amines is 1. The summed E-state index contributed by atoms with van der Waals surface area (Å²) in [4.78, 5) is 0. The van der Waals surface area contributed by atoms with Crippen molar-refractivity contribution in [2.24, 2.45) is 0 Å². The molecule has 3 aromatic heterocycles. The molecule has 2 aliphatic rings. The molecular weight excluding hydrogens is 314 g/mol. The van der Waals surface area contributed by atoms with Crippen molar-refractivity contribution in [3.05, 3.63) is 23.0 Å². The lowest BCUT2D eigenvalue weighted by molar-refractivity contribution is 0.464. The normalized spacial score (nSPS) is 17.0. The van der Waals surface area contributed by atoms with Crippen LogP contribution in [0.1, 0.15) is 55.6 Å². The first-order chi connectivity index (χ1) is 12.3. The van der Waals surface area contributed by atoms with Gasteiger partial charge < -0.3 is 4.57 Å². The second-order valence-corrected chi connectivity index (χ2v) is 7.20. The van der Waals surface area contributed by atoms with E-state index in [0.29, 0.717) is 6.04 Å². The molecule has 0 saturated heterocycles. The van der Waals surface area contributed by atoms with Crippen LogP contribution in [-0.2, 0) is 19.4 Å². The van der Waals surface area contributed by atoms with Crippen LogP contribution in [0.25, 0.3) is 23.0 Å². The first kappa shape index (κ1) is 14.9. The molecule has 0 bridgehead atoms. The fourth-order valence-corrected chi connectivity index (χ4v) is 4.35. The van der Waals surface area contributed by atoms with Crippen molar-refractivity contribution in [2.45, 2.75) is 65.0 Å². The first-order valence-corrected chi connectivity index (χ1v) is 9.32. The predicted octanol–water partition coefficient (Wildman–Crippen LogP) is 3.07. The van der Waals surface area contributed by atoms with Crippen LogP contribution in [0.2, 0.25) is 0 Å². The number of aromatic nitrogens is 7. The number of hydrogen-bond acceptors (Lipinski definition) is 4. The maximum atomic E-state index is 4.99. The van der Waals surface area contributed by atoms with Crippen molar-refractivity contribution in [3.63, 3.8) is 0 Å². The summed E-state index contributed by atoms with van der Waals surface area (Å²) in [7, 11) is 0. The number of H-pyrrole nitrogens is 1. The Hall–Kier alpha value is -2.44. The monoisotopic (exact) mass is 337 g/mol. The standard InChI is InChI=1S/C18H23N7/c1-3-14-13-8-9-24-17(15-10-11(2)19-20-15)21-22-18(24)16(13)25(23-14)12-6-4-5-7-12/h10,12H,3-9H2,1-2H3,(H,19,20). The molecule has 4 heterocycles. The second-order valence-electron chi connectivity index (χ2n) is 7.20. The maximum absolute atomic E-state index is 4.99. The summed E-state index contributed by atoms with van der Waals surface area (Å²) < 4.78 is 4.48. The van der Waals surface area contributed by atoms with Crippen LogP contribution in [-0.4, -0.2) is 34.7 Å². The highest BCUT2D eigenvalue weighted by Crippen LogP contribution is 2.39. The lowest BCUT2D eigenvalue weighted by atomic mass is 10.0. The molecule has 0 spiro atoms. The van der Waals surface area contributed by atoms with Crippen LogP contribution in [0.5, 0.6) is 0 Å². The maximum Gasteiger partial charge on any atom is 0.184 e. The molecule has 0 atom stereocenters. The van der Waals surface area contributed by atoms with Crippen LogP contribution in [0, 0.1) is 6.92 Å². The van der Waals surface area contributed by atoms with E-state index in [0.717, 1.165) is 42.4 Å². The van der Waals surface area contributed by atoms with Crippen LogP contribution >= 0.6 is 0 Å². The highest BCUT2D eigenvalue weighted by molar-refractivity contribution is 5.64. The number of aryl methyl sites for hydroxylation is 2. The number of nitrogens with zero attached hydrogens (tertiary/aromatic N) is 6. The van der Waals surface area contributed by atoms with Crippen LogP contribution in [0.4, 0.5) is 0 Å². The third-order valence-corrected chi connectivity index (χ3v) is 5.58. The first-order valence-electron chi connectivity index (χ1n) is 9.32. The molecule has 130 valence electrons. The van der Waals surface area contributed by atoms with Gasteiger partial charge in [0.05, 0.1) is 11.7 Å². The Morgan fingerprint density at radius 1 is 1.20 bits per heavy atom. The SMILES string of the molecule is CCc1nn(C2CCCC2)c2c1CCn1c(-c3cc(C)[nH]n3)nnc1-2. The highest BCUT2D eigenvalue weighted by atomic mass is 15.4. The van der Waals surface area contributed by atoms with E-state index < -0.39 is 0 Å². The zero-order valence-corrected chi connectivity index (χ0v) is 14.8. The molecular formula is C18H23N7. The van der Waals surface area contributed by atoms with E-state index in [2.05, 4.69) is 36.6 Å². The van der Waals surface area contributed by atoms with Gasteiger partial charge in [-0.1, -0.05) is 19.8 Å². The Kier molecular flexibility index (Phi) is 3.29. The number of hydrogen-bond donors (Lipinski definition) is 1. The molecule has 1 fully saturated rings. The zero-order chi connectivity index (χ0) is 17.0. The third kappa shape index (κ3) is 2.18. The summed E-state index contributed by atoms with van der Waals surface area (Å²) in [5, 5.41) is 21.4. The van der Waals surface area contributed by atoms with Gasteiger partial charge in [0, 0.05) is 17.8 Å². The molecule has 1 N–H and O–H groups in total. The van der Waals surface area contributed by atoms with E-state index in [1.165, 1.54) is 42.6 Å². The minimum atomic E-state index is 0.508. The molecule has 0 radical (unpaired) electrons. The molecule has 7 nitrogen and oxygen atoms in total. The van der Waals surface area contributed by atoms with Gasteiger partial charge in [0.2, 0.25) is 0 Å². The molecule has 3 aromatic rings. The van der Waals surface area contributed by atoms with Gasteiger partial charge in [0.25, 0.3) is 0 Å². The molecule has 0 amide bonds.